The molecule has 112 valence electrons. The summed E-state index contributed by atoms with van der Waals surface area (Å²) in [5.41, 5.74) is 7.80. The third kappa shape index (κ3) is 3.39. The van der Waals surface area contributed by atoms with Gasteiger partial charge in [0.2, 0.25) is 0 Å². The van der Waals surface area contributed by atoms with E-state index in [-0.39, 0.29) is 11.4 Å². The highest BCUT2D eigenvalue weighted by atomic mass is 35.5. The summed E-state index contributed by atoms with van der Waals surface area (Å²) >= 11 is 6.12. The van der Waals surface area contributed by atoms with Crippen LogP contribution in [0.2, 0.25) is 5.02 Å². The zero-order valence-electron chi connectivity index (χ0n) is 12.2. The molecule has 5 heteroatoms. The quantitative estimate of drug-likeness (QED) is 0.819. The van der Waals surface area contributed by atoms with Gasteiger partial charge in [0.05, 0.1) is 12.3 Å². The zero-order valence-corrected chi connectivity index (χ0v) is 12.9. The molecule has 2 aromatic rings. The molecule has 2 N–H and O–H groups in total. The lowest BCUT2D eigenvalue weighted by Crippen LogP contribution is -1.99. The van der Waals surface area contributed by atoms with E-state index in [9.17, 15) is 4.39 Å². The van der Waals surface area contributed by atoms with E-state index in [2.05, 4.69) is 0 Å². The lowest BCUT2D eigenvalue weighted by molar-refractivity contribution is 0.319. The molecule has 0 bridgehead atoms. The Bertz CT molecular complexity index is 651. The summed E-state index contributed by atoms with van der Waals surface area (Å²) in [6, 6.07) is 6.25. The van der Waals surface area contributed by atoms with Gasteiger partial charge >= 0.3 is 0 Å². The predicted molar refractivity (Wildman–Crippen MR) is 83.0 cm³/mol. The van der Waals surface area contributed by atoms with E-state index < -0.39 is 5.82 Å². The number of ether oxygens (including phenoxy) is 2. The molecule has 0 aromatic heterocycles. The van der Waals surface area contributed by atoms with E-state index in [1.165, 1.54) is 12.1 Å². The van der Waals surface area contributed by atoms with Crippen molar-refractivity contribution in [2.45, 2.75) is 20.8 Å². The summed E-state index contributed by atoms with van der Waals surface area (Å²) < 4.78 is 24.6. The summed E-state index contributed by atoms with van der Waals surface area (Å²) in [5, 5.41) is 0.699. The molecule has 0 heterocycles. The van der Waals surface area contributed by atoms with Crippen molar-refractivity contribution >= 4 is 17.3 Å². The lowest BCUT2D eigenvalue weighted by atomic mass is 10.1. The molecular weight excluding hydrogens is 293 g/mol. The Hall–Kier alpha value is -1.94. The van der Waals surface area contributed by atoms with Crippen molar-refractivity contribution in [3.05, 3.63) is 46.2 Å². The maximum atomic E-state index is 13.7. The van der Waals surface area contributed by atoms with Crippen LogP contribution in [0.1, 0.15) is 18.1 Å². The van der Waals surface area contributed by atoms with Crippen LogP contribution in [0.3, 0.4) is 0 Å². The van der Waals surface area contributed by atoms with Crippen LogP contribution in [0.15, 0.2) is 24.3 Å². The van der Waals surface area contributed by atoms with Crippen LogP contribution in [-0.4, -0.2) is 6.61 Å². The highest BCUT2D eigenvalue weighted by Gasteiger charge is 2.12. The zero-order chi connectivity index (χ0) is 15.6. The van der Waals surface area contributed by atoms with Gasteiger partial charge < -0.3 is 15.2 Å². The molecule has 0 fully saturated rings. The molecule has 0 radical (unpaired) electrons. The molecule has 0 saturated carbocycles. The second kappa shape index (κ2) is 6.22. The van der Waals surface area contributed by atoms with Crippen molar-refractivity contribution in [3.8, 4) is 17.2 Å². The summed E-state index contributed by atoms with van der Waals surface area (Å²) in [6.45, 7) is 5.92. The number of halogens is 2. The van der Waals surface area contributed by atoms with Gasteiger partial charge in [0.15, 0.2) is 17.3 Å². The van der Waals surface area contributed by atoms with Gasteiger partial charge in [-0.1, -0.05) is 11.6 Å². The minimum atomic E-state index is -0.509. The van der Waals surface area contributed by atoms with Crippen molar-refractivity contribution in [2.24, 2.45) is 0 Å². The molecule has 0 aliphatic heterocycles. The van der Waals surface area contributed by atoms with Crippen molar-refractivity contribution < 1.29 is 13.9 Å². The first-order chi connectivity index (χ1) is 9.92. The molecule has 0 atom stereocenters. The number of hydrogen-bond acceptors (Lipinski definition) is 3. The van der Waals surface area contributed by atoms with Crippen LogP contribution in [-0.2, 0) is 0 Å². The highest BCUT2D eigenvalue weighted by molar-refractivity contribution is 6.32. The SMILES string of the molecule is CCOc1cc(Oc2cc(C)c(Cl)c(C)c2)c(N)cc1F. The van der Waals surface area contributed by atoms with Gasteiger partial charge in [-0.15, -0.1) is 0 Å². The van der Waals surface area contributed by atoms with Crippen LogP contribution in [0.5, 0.6) is 17.2 Å². The molecule has 2 aromatic carbocycles. The van der Waals surface area contributed by atoms with Crippen LogP contribution < -0.4 is 15.2 Å². The van der Waals surface area contributed by atoms with Crippen molar-refractivity contribution in [2.75, 3.05) is 12.3 Å². The van der Waals surface area contributed by atoms with Crippen LogP contribution in [0, 0.1) is 19.7 Å². The molecule has 21 heavy (non-hydrogen) atoms. The molecule has 3 nitrogen and oxygen atoms in total. The number of rotatable bonds is 4. The molecule has 0 aliphatic rings. The Morgan fingerprint density at radius 1 is 1.10 bits per heavy atom. The van der Waals surface area contributed by atoms with Gasteiger partial charge in [0, 0.05) is 17.2 Å². The fourth-order valence-corrected chi connectivity index (χ4v) is 2.11. The normalized spacial score (nSPS) is 10.5. The second-order valence-electron chi connectivity index (χ2n) is 4.73. The summed E-state index contributed by atoms with van der Waals surface area (Å²) in [6.07, 6.45) is 0. The first-order valence-corrected chi connectivity index (χ1v) is 6.96. The smallest absolute Gasteiger partial charge is 0.167 e. The first-order valence-electron chi connectivity index (χ1n) is 6.58. The largest absolute Gasteiger partial charge is 0.491 e. The molecule has 0 spiro atoms. The fraction of sp³-hybridized carbons (Fsp3) is 0.250. The first kappa shape index (κ1) is 15.4. The fourth-order valence-electron chi connectivity index (χ4n) is 2.00. The topological polar surface area (TPSA) is 44.5 Å². The van der Waals surface area contributed by atoms with E-state index in [0.717, 1.165) is 11.1 Å². The highest BCUT2D eigenvalue weighted by Crippen LogP contribution is 2.35. The summed E-state index contributed by atoms with van der Waals surface area (Å²) in [5.74, 6) is 0.547. The lowest BCUT2D eigenvalue weighted by Gasteiger charge is -2.13. The third-order valence-corrected chi connectivity index (χ3v) is 3.60. The Labute approximate surface area is 128 Å². The van der Waals surface area contributed by atoms with E-state index in [0.29, 0.717) is 23.1 Å². The average Bonchev–Trinajstić information content (AvgIpc) is 2.41. The molecule has 0 unspecified atom stereocenters. The maximum Gasteiger partial charge on any atom is 0.167 e. The second-order valence-corrected chi connectivity index (χ2v) is 5.10. The van der Waals surface area contributed by atoms with E-state index in [4.69, 9.17) is 26.8 Å². The average molecular weight is 310 g/mol. The number of anilines is 1. The Morgan fingerprint density at radius 3 is 2.29 bits per heavy atom. The number of hydrogen-bond donors (Lipinski definition) is 1. The number of aryl methyl sites for hydroxylation is 2. The Balaban J connectivity index is 2.37. The van der Waals surface area contributed by atoms with Crippen LogP contribution in [0.25, 0.3) is 0 Å². The Morgan fingerprint density at radius 2 is 1.71 bits per heavy atom. The van der Waals surface area contributed by atoms with Crippen molar-refractivity contribution in [1.82, 2.24) is 0 Å². The van der Waals surface area contributed by atoms with Gasteiger partial charge in [-0.3, -0.25) is 0 Å². The van der Waals surface area contributed by atoms with Gasteiger partial charge in [-0.25, -0.2) is 4.39 Å². The monoisotopic (exact) mass is 309 g/mol. The van der Waals surface area contributed by atoms with E-state index in [1.54, 1.807) is 19.1 Å². The van der Waals surface area contributed by atoms with Crippen LogP contribution in [0.4, 0.5) is 10.1 Å². The predicted octanol–water partition coefficient (Wildman–Crippen LogP) is 4.87. The third-order valence-electron chi connectivity index (χ3n) is 3.00. The van der Waals surface area contributed by atoms with Gasteiger partial charge in [-0.05, 0) is 44.0 Å². The molecule has 0 saturated heterocycles. The standard InChI is InChI=1S/C16H17ClFNO2/c1-4-20-14-8-15(13(19)7-12(14)18)21-11-5-9(2)16(17)10(3)6-11/h5-8H,4,19H2,1-3H3. The van der Waals surface area contributed by atoms with Crippen molar-refractivity contribution in [1.29, 1.82) is 0 Å². The molecule has 0 aliphatic carbocycles. The summed E-state index contributed by atoms with van der Waals surface area (Å²) in [4.78, 5) is 0. The Kier molecular flexibility index (Phi) is 4.58. The van der Waals surface area contributed by atoms with Crippen LogP contribution >= 0.6 is 11.6 Å². The van der Waals surface area contributed by atoms with Gasteiger partial charge in [0.1, 0.15) is 5.75 Å². The number of nitrogens with two attached hydrogens (primary N) is 1. The number of benzene rings is 2. The van der Waals surface area contributed by atoms with Gasteiger partial charge in [0.25, 0.3) is 0 Å². The molecule has 0 amide bonds. The van der Waals surface area contributed by atoms with E-state index in [1.807, 2.05) is 13.8 Å². The summed E-state index contributed by atoms with van der Waals surface area (Å²) in [7, 11) is 0. The minimum Gasteiger partial charge on any atom is -0.491 e. The van der Waals surface area contributed by atoms with Crippen molar-refractivity contribution in [3.63, 3.8) is 0 Å². The molecular formula is C16H17ClFNO2. The van der Waals surface area contributed by atoms with Gasteiger partial charge in [-0.2, -0.15) is 0 Å². The molecule has 2 rings (SSSR count). The maximum absolute atomic E-state index is 13.7. The van der Waals surface area contributed by atoms with E-state index >= 15 is 0 Å². The minimum absolute atomic E-state index is 0.115. The number of nitrogen functional groups attached to an aromatic ring is 1.